The van der Waals surface area contributed by atoms with Crippen LogP contribution < -0.4 is 0 Å². The van der Waals surface area contributed by atoms with Gasteiger partial charge in [-0.05, 0) is 52.0 Å². The summed E-state index contributed by atoms with van der Waals surface area (Å²) in [6.45, 7) is 3.79. The highest BCUT2D eigenvalue weighted by Gasteiger charge is 2.45. The van der Waals surface area contributed by atoms with Gasteiger partial charge in [0, 0.05) is 12.4 Å². The summed E-state index contributed by atoms with van der Waals surface area (Å²) >= 11 is 0. The molecule has 0 aliphatic rings. The van der Waals surface area contributed by atoms with Crippen LogP contribution in [0, 0.1) is 0 Å². The van der Waals surface area contributed by atoms with Crippen LogP contribution in [0.5, 0.6) is 0 Å². The number of aromatic nitrogens is 2. The normalized spacial score (nSPS) is 13.3. The van der Waals surface area contributed by atoms with E-state index in [4.69, 9.17) is 10.2 Å². The first-order chi connectivity index (χ1) is 16.8. The average Bonchev–Trinajstić information content (AvgIpc) is 2.78. The Hall–Kier alpha value is -3.28. The summed E-state index contributed by atoms with van der Waals surface area (Å²) < 4.78 is 117. The van der Waals surface area contributed by atoms with E-state index in [0.29, 0.717) is 36.7 Å². The molecule has 0 aliphatic heterocycles. The van der Waals surface area contributed by atoms with Gasteiger partial charge in [0.1, 0.15) is 11.4 Å². The Morgan fingerprint density at radius 2 is 0.895 bits per heavy atom. The van der Waals surface area contributed by atoms with E-state index in [9.17, 15) is 52.8 Å². The van der Waals surface area contributed by atoms with Gasteiger partial charge in [-0.2, -0.15) is 26.3 Å². The van der Waals surface area contributed by atoms with Crippen LogP contribution in [0.15, 0.2) is 46.5 Å². The molecule has 10 nitrogen and oxygen atoms in total. The quantitative estimate of drug-likeness (QED) is 0.473. The second-order valence-corrected chi connectivity index (χ2v) is 13.4. The molecule has 38 heavy (non-hydrogen) atoms. The average molecular weight is 595 g/mol. The van der Waals surface area contributed by atoms with Gasteiger partial charge < -0.3 is 10.2 Å². The van der Waals surface area contributed by atoms with Crippen LogP contribution in [0.4, 0.5) is 26.3 Å². The van der Waals surface area contributed by atoms with Crippen LogP contribution in [0.1, 0.15) is 39.1 Å². The van der Waals surface area contributed by atoms with E-state index in [1.165, 1.54) is 0 Å². The molecule has 0 saturated carbocycles. The molecule has 0 fully saturated rings. The van der Waals surface area contributed by atoms with E-state index in [1.807, 2.05) is 0 Å². The summed E-state index contributed by atoms with van der Waals surface area (Å²) in [5.74, 6) is -3.21. The zero-order valence-electron chi connectivity index (χ0n) is 19.8. The van der Waals surface area contributed by atoms with E-state index >= 15 is 0 Å². The number of hydrogen-bond acceptors (Lipinski definition) is 8. The van der Waals surface area contributed by atoms with Gasteiger partial charge in [-0.1, -0.05) is 0 Å². The summed E-state index contributed by atoms with van der Waals surface area (Å²) in [5, 5.41) is 17.7. The van der Waals surface area contributed by atoms with Crippen molar-refractivity contribution in [2.45, 2.75) is 59.3 Å². The molecule has 0 atom stereocenters. The Balaban J connectivity index is 0.000000380. The maximum absolute atomic E-state index is 12.3. The van der Waals surface area contributed by atoms with Gasteiger partial charge in [0.15, 0.2) is 29.2 Å². The summed E-state index contributed by atoms with van der Waals surface area (Å²) in [6.07, 6.45) is -8.37. The number of aliphatic carboxylic acids is 2. The molecule has 18 heteroatoms. The van der Waals surface area contributed by atoms with Gasteiger partial charge in [0.05, 0.1) is 9.79 Å². The number of halogens is 6. The van der Waals surface area contributed by atoms with Crippen molar-refractivity contribution in [3.8, 4) is 0 Å². The van der Waals surface area contributed by atoms with Crippen molar-refractivity contribution >= 4 is 31.6 Å². The van der Waals surface area contributed by atoms with Gasteiger partial charge in [0.25, 0.3) is 0 Å². The van der Waals surface area contributed by atoms with Crippen molar-refractivity contribution < 1.29 is 63.0 Å². The summed E-state index contributed by atoms with van der Waals surface area (Å²) in [4.78, 5) is 26.6. The molecule has 2 rings (SSSR count). The Morgan fingerprint density at radius 3 is 1.05 bits per heavy atom. The number of carboxylic acids is 2. The molecule has 2 aromatic heterocycles. The fraction of sp³-hybridized carbons (Fsp3) is 0.400. The lowest BCUT2D eigenvalue weighted by atomic mass is 10.2. The molecule has 0 unspecified atom stereocenters. The first kappa shape index (κ1) is 32.7. The SMILES string of the molecule is CC(C)(C(=O)O)S(=O)(=O)c1ccc(C(F)(F)F)nc1.CC(C)(C(=O)O)S(=O)(=O)c1ccc(C(F)(F)F)nc1. The van der Waals surface area contributed by atoms with E-state index < -0.39 is 74.6 Å². The van der Waals surface area contributed by atoms with E-state index in [1.54, 1.807) is 0 Å². The third-order valence-electron chi connectivity index (χ3n) is 5.05. The van der Waals surface area contributed by atoms with Gasteiger partial charge >= 0.3 is 24.3 Å². The summed E-state index contributed by atoms with van der Waals surface area (Å²) in [6, 6.07) is 2.36. The zero-order chi connectivity index (χ0) is 30.1. The number of carbonyl (C=O) groups is 2. The van der Waals surface area contributed by atoms with Gasteiger partial charge in [0.2, 0.25) is 0 Å². The molecular formula is C20H20F6N2O8S2. The lowest BCUT2D eigenvalue weighted by Crippen LogP contribution is -2.40. The second kappa shape index (κ2) is 10.5. The first-order valence-corrected chi connectivity index (χ1v) is 12.8. The summed E-state index contributed by atoms with van der Waals surface area (Å²) in [5.41, 5.74) is -2.50. The highest BCUT2D eigenvalue weighted by molar-refractivity contribution is 7.93. The number of hydrogen-bond donors (Lipinski definition) is 2. The van der Waals surface area contributed by atoms with Crippen LogP contribution in [0.25, 0.3) is 0 Å². The topological polar surface area (TPSA) is 169 Å². The highest BCUT2D eigenvalue weighted by Crippen LogP contribution is 2.31. The van der Waals surface area contributed by atoms with E-state index in [2.05, 4.69) is 9.97 Å². The largest absolute Gasteiger partial charge is 0.480 e. The third kappa shape index (κ3) is 6.58. The van der Waals surface area contributed by atoms with Gasteiger partial charge in [-0.3, -0.25) is 19.6 Å². The highest BCUT2D eigenvalue weighted by atomic mass is 32.2. The number of pyridine rings is 2. The van der Waals surface area contributed by atoms with Gasteiger partial charge in [-0.15, -0.1) is 0 Å². The van der Waals surface area contributed by atoms with Crippen molar-refractivity contribution in [3.63, 3.8) is 0 Å². The van der Waals surface area contributed by atoms with Crippen LogP contribution in [0.2, 0.25) is 0 Å². The van der Waals surface area contributed by atoms with Crippen molar-refractivity contribution in [2.75, 3.05) is 0 Å². The third-order valence-corrected chi connectivity index (χ3v) is 9.81. The lowest BCUT2D eigenvalue weighted by Gasteiger charge is -2.19. The van der Waals surface area contributed by atoms with Crippen LogP contribution in [-0.4, -0.2) is 58.4 Å². The predicted octanol–water partition coefficient (Wildman–Crippen LogP) is 3.47. The minimum Gasteiger partial charge on any atom is -0.480 e. The summed E-state index contributed by atoms with van der Waals surface area (Å²) in [7, 11) is -8.66. The Labute approximate surface area is 212 Å². The first-order valence-electron chi connectivity index (χ1n) is 9.83. The molecule has 0 bridgehead atoms. The van der Waals surface area contributed by atoms with Crippen molar-refractivity contribution in [3.05, 3.63) is 48.0 Å². The molecule has 0 aromatic carbocycles. The van der Waals surface area contributed by atoms with Crippen LogP contribution in [0.3, 0.4) is 0 Å². The standard InChI is InChI=1S/2C10H10F3NO4S/c2*1-9(2,8(15)16)19(17,18)6-3-4-7(14-5-6)10(11,12)13/h2*3-5H,1-2H3,(H,15,16). The minimum atomic E-state index is -4.69. The van der Waals surface area contributed by atoms with Crippen molar-refractivity contribution in [1.82, 2.24) is 9.97 Å². The molecule has 0 radical (unpaired) electrons. The Kier molecular flexibility index (Phi) is 9.02. The smallest absolute Gasteiger partial charge is 0.433 e. The maximum atomic E-state index is 12.3. The Bertz CT molecular complexity index is 1290. The number of carboxylic acid groups (broad SMARTS) is 2. The zero-order valence-corrected chi connectivity index (χ0v) is 21.4. The molecule has 0 saturated heterocycles. The molecular weight excluding hydrogens is 574 g/mol. The molecule has 0 spiro atoms. The number of nitrogens with zero attached hydrogens (tertiary/aromatic N) is 2. The minimum absolute atomic E-state index is 0.491. The van der Waals surface area contributed by atoms with E-state index in [0.717, 1.165) is 27.7 Å². The van der Waals surface area contributed by atoms with E-state index in [-0.39, 0.29) is 0 Å². The molecule has 2 N–H and O–H groups in total. The number of rotatable bonds is 6. The fourth-order valence-electron chi connectivity index (χ4n) is 2.23. The molecule has 0 aliphatic carbocycles. The Morgan fingerprint density at radius 1 is 0.632 bits per heavy atom. The van der Waals surface area contributed by atoms with Crippen molar-refractivity contribution in [1.29, 1.82) is 0 Å². The van der Waals surface area contributed by atoms with Crippen LogP contribution >= 0.6 is 0 Å². The molecule has 2 aromatic rings. The second-order valence-electron chi connectivity index (χ2n) is 8.39. The predicted molar refractivity (Wildman–Crippen MR) is 116 cm³/mol. The monoisotopic (exact) mass is 594 g/mol. The van der Waals surface area contributed by atoms with Gasteiger partial charge in [-0.25, -0.2) is 16.8 Å². The lowest BCUT2D eigenvalue weighted by molar-refractivity contribution is -0.142. The maximum Gasteiger partial charge on any atom is 0.433 e. The molecule has 2 heterocycles. The molecule has 212 valence electrons. The number of alkyl halides is 6. The van der Waals surface area contributed by atoms with Crippen molar-refractivity contribution in [2.24, 2.45) is 0 Å². The fourth-order valence-corrected chi connectivity index (χ4v) is 4.75. The van der Waals surface area contributed by atoms with Crippen LogP contribution in [-0.2, 0) is 41.6 Å². The number of sulfone groups is 2. The molecule has 0 amide bonds.